The Morgan fingerprint density at radius 3 is 1.50 bits per heavy atom. The molecule has 100 valence electrons. The first-order chi connectivity index (χ1) is 6.86. The molecule has 0 radical (unpaired) electrons. The monoisotopic (exact) mass is 273 g/mol. The van der Waals surface area contributed by atoms with Gasteiger partial charge in [-0.05, 0) is 21.0 Å². The van der Waals surface area contributed by atoms with Crippen LogP contribution in [0.5, 0.6) is 0 Å². The zero-order chi connectivity index (χ0) is 13.8. The number of hydrogen-bond acceptors (Lipinski definition) is 3. The van der Waals surface area contributed by atoms with Crippen LogP contribution >= 0.6 is 0 Å². The van der Waals surface area contributed by atoms with Gasteiger partial charge in [0.05, 0.1) is 0 Å². The van der Waals surface area contributed by atoms with Crippen molar-refractivity contribution in [1.82, 2.24) is 5.32 Å². The maximum Gasteiger partial charge on any atom is 0.434 e. The highest BCUT2D eigenvalue weighted by Crippen LogP contribution is 2.41. The molecular formula is C6H12F5NO3S. The maximum absolute atomic E-state index is 12.2. The van der Waals surface area contributed by atoms with Crippen LogP contribution in [0.4, 0.5) is 22.0 Å². The number of hydrogen-bond donors (Lipinski definition) is 2. The minimum absolute atomic E-state index is 0.0547. The third-order valence-electron chi connectivity index (χ3n) is 1.21. The lowest BCUT2D eigenvalue weighted by Gasteiger charge is -2.24. The molecule has 0 heterocycles. The van der Waals surface area contributed by atoms with Gasteiger partial charge in [0.2, 0.25) is 0 Å². The molecular weight excluding hydrogens is 261 g/mol. The van der Waals surface area contributed by atoms with Gasteiger partial charge in [-0.25, -0.2) is 4.39 Å². The molecule has 0 fully saturated rings. The molecule has 0 saturated carbocycles. The van der Waals surface area contributed by atoms with Gasteiger partial charge in [0.1, 0.15) is 0 Å². The molecule has 0 spiro atoms. The SMILES string of the molecule is CC(F)C(F)(F)C(F)(F)S(=O)(=O)O.CNC. The molecule has 0 aliphatic heterocycles. The first-order valence-corrected chi connectivity index (χ1v) is 5.25. The van der Waals surface area contributed by atoms with Crippen molar-refractivity contribution in [2.75, 3.05) is 14.1 Å². The minimum atomic E-state index is -6.33. The van der Waals surface area contributed by atoms with E-state index in [9.17, 15) is 30.4 Å². The van der Waals surface area contributed by atoms with E-state index < -0.39 is 27.5 Å². The first-order valence-electron chi connectivity index (χ1n) is 3.81. The number of alkyl halides is 5. The second kappa shape index (κ2) is 5.73. The van der Waals surface area contributed by atoms with Gasteiger partial charge in [-0.15, -0.1) is 0 Å². The molecule has 0 aromatic heterocycles. The van der Waals surface area contributed by atoms with E-state index in [4.69, 9.17) is 4.55 Å². The lowest BCUT2D eigenvalue weighted by atomic mass is 10.2. The molecule has 1 atom stereocenters. The molecule has 0 aliphatic carbocycles. The highest BCUT2D eigenvalue weighted by atomic mass is 32.2. The van der Waals surface area contributed by atoms with Crippen molar-refractivity contribution < 1.29 is 34.9 Å². The lowest BCUT2D eigenvalue weighted by molar-refractivity contribution is -0.192. The van der Waals surface area contributed by atoms with E-state index in [0.717, 1.165) is 0 Å². The van der Waals surface area contributed by atoms with Crippen LogP contribution in [0, 0.1) is 0 Å². The molecule has 0 amide bonds. The van der Waals surface area contributed by atoms with Crippen molar-refractivity contribution in [3.8, 4) is 0 Å². The van der Waals surface area contributed by atoms with Crippen LogP contribution in [0.2, 0.25) is 0 Å². The Balaban J connectivity index is 0. The molecule has 0 aromatic carbocycles. The van der Waals surface area contributed by atoms with Crippen LogP contribution in [0.1, 0.15) is 6.92 Å². The molecule has 0 rings (SSSR count). The minimum Gasteiger partial charge on any atom is -0.323 e. The van der Waals surface area contributed by atoms with Crippen LogP contribution in [-0.2, 0) is 10.1 Å². The fourth-order valence-corrected chi connectivity index (χ4v) is 0.910. The van der Waals surface area contributed by atoms with Crippen LogP contribution in [0.25, 0.3) is 0 Å². The second-order valence-electron chi connectivity index (χ2n) is 2.73. The number of halogens is 5. The van der Waals surface area contributed by atoms with Crippen LogP contribution in [-0.4, -0.2) is 44.4 Å². The predicted octanol–water partition coefficient (Wildman–Crippen LogP) is 1.30. The van der Waals surface area contributed by atoms with E-state index in [1.54, 1.807) is 0 Å². The molecule has 0 aliphatic rings. The van der Waals surface area contributed by atoms with Crippen molar-refractivity contribution in [3.63, 3.8) is 0 Å². The van der Waals surface area contributed by atoms with Crippen LogP contribution in [0.15, 0.2) is 0 Å². The fraction of sp³-hybridized carbons (Fsp3) is 1.00. The smallest absolute Gasteiger partial charge is 0.323 e. The van der Waals surface area contributed by atoms with Crippen molar-refractivity contribution in [2.45, 2.75) is 24.3 Å². The summed E-state index contributed by atoms with van der Waals surface area (Å²) in [5.74, 6) is -5.46. The maximum atomic E-state index is 12.2. The normalized spacial score (nSPS) is 15.1. The van der Waals surface area contributed by atoms with E-state index in [-0.39, 0.29) is 6.92 Å². The quantitative estimate of drug-likeness (QED) is 0.601. The molecule has 1 unspecified atom stereocenters. The van der Waals surface area contributed by atoms with E-state index in [1.165, 1.54) is 0 Å². The van der Waals surface area contributed by atoms with Gasteiger partial charge >= 0.3 is 21.3 Å². The summed E-state index contributed by atoms with van der Waals surface area (Å²) in [6.07, 6.45) is -3.40. The summed E-state index contributed by atoms with van der Waals surface area (Å²) < 4.78 is 87.7. The summed E-state index contributed by atoms with van der Waals surface area (Å²) in [5.41, 5.74) is 0. The van der Waals surface area contributed by atoms with E-state index in [1.807, 2.05) is 14.1 Å². The Hall–Kier alpha value is -0.480. The van der Waals surface area contributed by atoms with Gasteiger partial charge in [-0.2, -0.15) is 26.0 Å². The van der Waals surface area contributed by atoms with Gasteiger partial charge in [0.25, 0.3) is 0 Å². The zero-order valence-electron chi connectivity index (χ0n) is 8.64. The van der Waals surface area contributed by atoms with Crippen LogP contribution < -0.4 is 5.32 Å². The first kappa shape index (κ1) is 17.9. The Morgan fingerprint density at radius 1 is 1.19 bits per heavy atom. The van der Waals surface area contributed by atoms with Gasteiger partial charge in [0.15, 0.2) is 6.17 Å². The fourth-order valence-electron chi connectivity index (χ4n) is 0.404. The number of nitrogens with one attached hydrogen (secondary N) is 1. The predicted molar refractivity (Wildman–Crippen MR) is 47.0 cm³/mol. The summed E-state index contributed by atoms with van der Waals surface area (Å²) in [6, 6.07) is 0. The molecule has 2 N–H and O–H groups in total. The van der Waals surface area contributed by atoms with Gasteiger partial charge in [0, 0.05) is 0 Å². The van der Waals surface area contributed by atoms with Crippen molar-refractivity contribution in [3.05, 3.63) is 0 Å². The van der Waals surface area contributed by atoms with Gasteiger partial charge < -0.3 is 5.32 Å². The molecule has 10 heteroatoms. The molecule has 0 bridgehead atoms. The van der Waals surface area contributed by atoms with E-state index >= 15 is 0 Å². The Kier molecular flexibility index (Phi) is 6.41. The lowest BCUT2D eigenvalue weighted by Crippen LogP contribution is -2.51. The average molecular weight is 273 g/mol. The molecule has 16 heavy (non-hydrogen) atoms. The highest BCUT2D eigenvalue weighted by Gasteiger charge is 2.68. The summed E-state index contributed by atoms with van der Waals surface area (Å²) >= 11 is 0. The van der Waals surface area contributed by atoms with Gasteiger partial charge in [-0.1, -0.05) is 0 Å². The van der Waals surface area contributed by atoms with Crippen molar-refractivity contribution in [1.29, 1.82) is 0 Å². The summed E-state index contributed by atoms with van der Waals surface area (Å²) in [6.45, 7) is 0.0547. The summed E-state index contributed by atoms with van der Waals surface area (Å²) in [5, 5.41) is -3.08. The van der Waals surface area contributed by atoms with Gasteiger partial charge in [-0.3, -0.25) is 4.55 Å². The summed E-state index contributed by atoms with van der Waals surface area (Å²) in [4.78, 5) is 0. The average Bonchev–Trinajstić information content (AvgIpc) is 2.02. The van der Waals surface area contributed by atoms with E-state index in [2.05, 4.69) is 5.32 Å². The largest absolute Gasteiger partial charge is 0.434 e. The second-order valence-corrected chi connectivity index (χ2v) is 4.19. The Morgan fingerprint density at radius 2 is 1.44 bits per heavy atom. The third kappa shape index (κ3) is 3.83. The molecule has 0 aromatic rings. The molecule has 4 nitrogen and oxygen atoms in total. The van der Waals surface area contributed by atoms with Crippen LogP contribution in [0.3, 0.4) is 0 Å². The zero-order valence-corrected chi connectivity index (χ0v) is 9.46. The van der Waals surface area contributed by atoms with Crippen molar-refractivity contribution >= 4 is 10.1 Å². The number of rotatable bonds is 3. The Labute approximate surface area is 89.6 Å². The molecule has 0 saturated heterocycles. The highest BCUT2D eigenvalue weighted by molar-refractivity contribution is 7.87. The van der Waals surface area contributed by atoms with Crippen molar-refractivity contribution in [2.24, 2.45) is 0 Å². The Bertz CT molecular complexity index is 303. The summed E-state index contributed by atoms with van der Waals surface area (Å²) in [7, 11) is -2.58. The van der Waals surface area contributed by atoms with E-state index in [0.29, 0.717) is 0 Å². The topological polar surface area (TPSA) is 66.4 Å². The standard InChI is InChI=1S/C4H5F5O3S.C2H7N/c1-2(5)3(6,7)4(8,9)13(10,11)12;1-3-2/h2H,1H3,(H,10,11,12);3H,1-2H3. The third-order valence-corrected chi connectivity index (χ3v) is 2.13.